The molecule has 33 heavy (non-hydrogen) atoms. The standard InChI is InChI=1S/C23H32FN7OS/c1-6-8-13-30-22(19(7-2)29(4)5)26-27-23(30)33-15-21(32)25-20-14-16(3)28-31(20)18-11-9-17(24)10-12-18/h9-12,14,19H,6-8,13,15H2,1-5H3,(H,25,32). The van der Waals surface area contributed by atoms with E-state index in [1.807, 2.05) is 21.0 Å². The number of halogens is 1. The van der Waals surface area contributed by atoms with E-state index in [-0.39, 0.29) is 23.5 Å². The fourth-order valence-electron chi connectivity index (χ4n) is 3.64. The Bertz CT molecular complexity index is 1060. The van der Waals surface area contributed by atoms with E-state index in [1.165, 1.54) is 23.9 Å². The zero-order valence-corrected chi connectivity index (χ0v) is 20.7. The van der Waals surface area contributed by atoms with E-state index in [9.17, 15) is 9.18 Å². The number of benzene rings is 1. The van der Waals surface area contributed by atoms with Crippen LogP contribution in [0.4, 0.5) is 10.2 Å². The summed E-state index contributed by atoms with van der Waals surface area (Å²) in [4.78, 5) is 14.9. The summed E-state index contributed by atoms with van der Waals surface area (Å²) in [6, 6.07) is 7.94. The number of nitrogens with one attached hydrogen (secondary N) is 1. The predicted molar refractivity (Wildman–Crippen MR) is 129 cm³/mol. The van der Waals surface area contributed by atoms with E-state index < -0.39 is 0 Å². The molecule has 8 nitrogen and oxygen atoms in total. The molecule has 1 atom stereocenters. The molecule has 3 rings (SSSR count). The first-order chi connectivity index (χ1) is 15.8. The quantitative estimate of drug-likeness (QED) is 0.414. The van der Waals surface area contributed by atoms with Crippen LogP contribution >= 0.6 is 11.8 Å². The van der Waals surface area contributed by atoms with Crippen LogP contribution in [0.15, 0.2) is 35.5 Å². The summed E-state index contributed by atoms with van der Waals surface area (Å²) in [7, 11) is 4.08. The van der Waals surface area contributed by atoms with Crippen molar-refractivity contribution < 1.29 is 9.18 Å². The van der Waals surface area contributed by atoms with Gasteiger partial charge in [-0.2, -0.15) is 5.10 Å². The number of aromatic nitrogens is 5. The van der Waals surface area contributed by atoms with Gasteiger partial charge in [-0.1, -0.05) is 32.0 Å². The Balaban J connectivity index is 1.73. The third kappa shape index (κ3) is 6.20. The lowest BCUT2D eigenvalue weighted by atomic mass is 10.2. The van der Waals surface area contributed by atoms with Crippen molar-refractivity contribution in [2.24, 2.45) is 0 Å². The summed E-state index contributed by atoms with van der Waals surface area (Å²) in [5, 5.41) is 16.9. The average molecular weight is 474 g/mol. The fraction of sp³-hybridized carbons (Fsp3) is 0.478. The number of anilines is 1. The molecule has 0 saturated carbocycles. The number of hydrogen-bond donors (Lipinski definition) is 1. The van der Waals surface area contributed by atoms with Crippen LogP contribution in [0.3, 0.4) is 0 Å². The topological polar surface area (TPSA) is 80.9 Å². The fourth-order valence-corrected chi connectivity index (χ4v) is 4.41. The molecule has 178 valence electrons. The minimum atomic E-state index is -0.323. The molecule has 0 bridgehead atoms. The van der Waals surface area contributed by atoms with Gasteiger partial charge in [0.05, 0.1) is 23.2 Å². The molecule has 1 N–H and O–H groups in total. The van der Waals surface area contributed by atoms with E-state index in [0.29, 0.717) is 11.5 Å². The number of rotatable bonds is 11. The second-order valence-corrected chi connectivity index (χ2v) is 9.07. The van der Waals surface area contributed by atoms with Gasteiger partial charge in [0.15, 0.2) is 11.0 Å². The first kappa shape index (κ1) is 24.9. The molecule has 2 heterocycles. The van der Waals surface area contributed by atoms with Crippen LogP contribution < -0.4 is 5.32 Å². The molecule has 3 aromatic rings. The normalized spacial score (nSPS) is 12.3. The van der Waals surface area contributed by atoms with E-state index in [4.69, 9.17) is 0 Å². The molecule has 1 unspecified atom stereocenters. The number of hydrogen-bond acceptors (Lipinski definition) is 6. The summed E-state index contributed by atoms with van der Waals surface area (Å²) in [5.74, 6) is 1.17. The SMILES string of the molecule is CCCCn1c(SCC(=O)Nc2cc(C)nn2-c2ccc(F)cc2)nnc1C(CC)N(C)C. The molecule has 0 radical (unpaired) electrons. The Morgan fingerprint density at radius 1 is 1.21 bits per heavy atom. The highest BCUT2D eigenvalue weighted by atomic mass is 32.2. The van der Waals surface area contributed by atoms with Crippen LogP contribution in [0.25, 0.3) is 5.69 Å². The minimum Gasteiger partial charge on any atom is -0.310 e. The smallest absolute Gasteiger partial charge is 0.236 e. The zero-order valence-electron chi connectivity index (χ0n) is 19.9. The summed E-state index contributed by atoms with van der Waals surface area (Å²) in [5.41, 5.74) is 1.42. The van der Waals surface area contributed by atoms with Gasteiger partial charge in [0.2, 0.25) is 5.91 Å². The Kier molecular flexibility index (Phi) is 8.62. The molecule has 2 aromatic heterocycles. The van der Waals surface area contributed by atoms with Gasteiger partial charge in [-0.3, -0.25) is 9.69 Å². The van der Waals surface area contributed by atoms with Gasteiger partial charge in [0.25, 0.3) is 0 Å². The van der Waals surface area contributed by atoms with Gasteiger partial charge in [-0.05, 0) is 58.1 Å². The third-order valence-electron chi connectivity index (χ3n) is 5.29. The Labute approximate surface area is 198 Å². The van der Waals surface area contributed by atoms with E-state index in [0.717, 1.165) is 42.5 Å². The van der Waals surface area contributed by atoms with Crippen LogP contribution in [0.1, 0.15) is 50.7 Å². The van der Waals surface area contributed by atoms with Gasteiger partial charge in [0.1, 0.15) is 11.6 Å². The van der Waals surface area contributed by atoms with Crippen LogP contribution in [-0.2, 0) is 11.3 Å². The second kappa shape index (κ2) is 11.4. The molecule has 10 heteroatoms. The third-order valence-corrected chi connectivity index (χ3v) is 6.26. The minimum absolute atomic E-state index is 0.172. The zero-order chi connectivity index (χ0) is 24.0. The summed E-state index contributed by atoms with van der Waals surface area (Å²) < 4.78 is 17.0. The van der Waals surface area contributed by atoms with E-state index in [1.54, 1.807) is 22.9 Å². The van der Waals surface area contributed by atoms with Crippen molar-refractivity contribution in [1.29, 1.82) is 0 Å². The Morgan fingerprint density at radius 3 is 2.58 bits per heavy atom. The molecule has 1 amide bonds. The number of nitrogens with zero attached hydrogens (tertiary/aromatic N) is 6. The van der Waals surface area contributed by atoms with Crippen LogP contribution in [0.5, 0.6) is 0 Å². The average Bonchev–Trinajstić information content (AvgIpc) is 3.34. The number of unbranched alkanes of at least 4 members (excludes halogenated alkanes) is 1. The summed E-state index contributed by atoms with van der Waals surface area (Å²) >= 11 is 1.38. The molecule has 0 aliphatic heterocycles. The maximum Gasteiger partial charge on any atom is 0.236 e. The Morgan fingerprint density at radius 2 is 1.94 bits per heavy atom. The first-order valence-corrected chi connectivity index (χ1v) is 12.2. The van der Waals surface area contributed by atoms with Gasteiger partial charge < -0.3 is 9.88 Å². The molecule has 0 fully saturated rings. The molecule has 0 spiro atoms. The number of thioether (sulfide) groups is 1. The van der Waals surface area contributed by atoms with Gasteiger partial charge >= 0.3 is 0 Å². The van der Waals surface area contributed by atoms with Gasteiger partial charge in [0, 0.05) is 12.6 Å². The number of carbonyl (C=O) groups is 1. The summed E-state index contributed by atoms with van der Waals surface area (Å²) in [6.07, 6.45) is 3.01. The van der Waals surface area contributed by atoms with Crippen molar-refractivity contribution in [1.82, 2.24) is 29.4 Å². The molecule has 0 aliphatic carbocycles. The predicted octanol–water partition coefficient (Wildman–Crippen LogP) is 4.45. The molecule has 1 aromatic carbocycles. The maximum atomic E-state index is 13.3. The number of aryl methyl sites for hydroxylation is 1. The van der Waals surface area contributed by atoms with Crippen LogP contribution in [0, 0.1) is 12.7 Å². The highest BCUT2D eigenvalue weighted by Gasteiger charge is 2.22. The number of amides is 1. The largest absolute Gasteiger partial charge is 0.310 e. The molecular weight excluding hydrogens is 441 g/mol. The molecule has 0 aliphatic rings. The Hall–Kier alpha value is -2.72. The van der Waals surface area contributed by atoms with Crippen molar-refractivity contribution in [2.75, 3.05) is 25.2 Å². The monoisotopic (exact) mass is 473 g/mol. The van der Waals surface area contributed by atoms with Gasteiger partial charge in [-0.15, -0.1) is 10.2 Å². The van der Waals surface area contributed by atoms with E-state index in [2.05, 4.69) is 43.9 Å². The lowest BCUT2D eigenvalue weighted by Crippen LogP contribution is -2.23. The lowest BCUT2D eigenvalue weighted by molar-refractivity contribution is -0.113. The van der Waals surface area contributed by atoms with Gasteiger partial charge in [-0.25, -0.2) is 9.07 Å². The lowest BCUT2D eigenvalue weighted by Gasteiger charge is -2.23. The first-order valence-electron chi connectivity index (χ1n) is 11.2. The molecule has 0 saturated heterocycles. The van der Waals surface area contributed by atoms with Crippen molar-refractivity contribution in [2.45, 2.75) is 57.8 Å². The van der Waals surface area contributed by atoms with Crippen LogP contribution in [0.2, 0.25) is 0 Å². The van der Waals surface area contributed by atoms with Crippen LogP contribution in [-0.4, -0.2) is 55.2 Å². The van der Waals surface area contributed by atoms with Crippen molar-refractivity contribution in [3.63, 3.8) is 0 Å². The highest BCUT2D eigenvalue weighted by molar-refractivity contribution is 7.99. The van der Waals surface area contributed by atoms with Crippen molar-refractivity contribution >= 4 is 23.5 Å². The number of carbonyl (C=O) groups excluding carboxylic acids is 1. The second-order valence-electron chi connectivity index (χ2n) is 8.13. The van der Waals surface area contributed by atoms with E-state index >= 15 is 0 Å². The molecular formula is C23H32FN7OS. The van der Waals surface area contributed by atoms with Crippen molar-refractivity contribution in [3.05, 3.63) is 47.7 Å². The maximum absolute atomic E-state index is 13.3. The summed E-state index contributed by atoms with van der Waals surface area (Å²) in [6.45, 7) is 6.95. The highest BCUT2D eigenvalue weighted by Crippen LogP contribution is 2.26. The van der Waals surface area contributed by atoms with Crippen molar-refractivity contribution in [3.8, 4) is 5.69 Å².